The van der Waals surface area contributed by atoms with Gasteiger partial charge in [0.25, 0.3) is 0 Å². The molecule has 0 amide bonds. The molecular formula is C12H17FO. The van der Waals surface area contributed by atoms with Crippen molar-refractivity contribution in [3.05, 3.63) is 29.6 Å². The summed E-state index contributed by atoms with van der Waals surface area (Å²) in [6.07, 6.45) is 0. The molecule has 0 N–H and O–H groups in total. The Bertz CT molecular complexity index is 313. The van der Waals surface area contributed by atoms with Crippen molar-refractivity contribution >= 4 is 0 Å². The predicted octanol–water partition coefficient (Wildman–Crippen LogP) is 3.52. The van der Waals surface area contributed by atoms with Crippen molar-refractivity contribution in [3.8, 4) is 5.75 Å². The van der Waals surface area contributed by atoms with Crippen LogP contribution < -0.4 is 4.74 Å². The van der Waals surface area contributed by atoms with Gasteiger partial charge in [0, 0.05) is 5.56 Å². The highest BCUT2D eigenvalue weighted by Crippen LogP contribution is 2.31. The normalized spacial score (nSPS) is 11.5. The first-order chi connectivity index (χ1) is 6.45. The molecule has 0 saturated carbocycles. The molecule has 0 aromatic heterocycles. The number of benzene rings is 1. The van der Waals surface area contributed by atoms with E-state index in [4.69, 9.17) is 4.74 Å². The minimum Gasteiger partial charge on any atom is -0.494 e. The molecular weight excluding hydrogens is 179 g/mol. The third-order valence-electron chi connectivity index (χ3n) is 2.05. The number of halogens is 1. The maximum absolute atomic E-state index is 13.1. The number of ether oxygens (including phenoxy) is 1. The molecule has 0 bridgehead atoms. The summed E-state index contributed by atoms with van der Waals surface area (Å²) in [7, 11) is 0. The van der Waals surface area contributed by atoms with Crippen LogP contribution >= 0.6 is 0 Å². The van der Waals surface area contributed by atoms with E-state index in [1.165, 1.54) is 6.07 Å². The Hall–Kier alpha value is -1.05. The van der Waals surface area contributed by atoms with Gasteiger partial charge in [-0.1, -0.05) is 20.8 Å². The number of hydrogen-bond acceptors (Lipinski definition) is 1. The second kappa shape index (κ2) is 3.99. The number of rotatable bonds is 2. The molecule has 0 aliphatic heterocycles. The van der Waals surface area contributed by atoms with E-state index in [1.807, 2.05) is 27.7 Å². The van der Waals surface area contributed by atoms with Gasteiger partial charge in [-0.15, -0.1) is 0 Å². The fourth-order valence-electron chi connectivity index (χ4n) is 1.37. The average Bonchev–Trinajstić information content (AvgIpc) is 2.07. The zero-order chi connectivity index (χ0) is 10.8. The summed E-state index contributed by atoms with van der Waals surface area (Å²) in [5.74, 6) is 0.569. The standard InChI is InChI=1S/C12H17FO/c1-5-14-11-7-6-9(13)8-10(11)12(2,3)4/h6-8H,5H2,1-4H3. The highest BCUT2D eigenvalue weighted by molar-refractivity contribution is 5.38. The Morgan fingerprint density at radius 1 is 1.29 bits per heavy atom. The van der Waals surface area contributed by atoms with Crippen LogP contribution in [0.4, 0.5) is 4.39 Å². The lowest BCUT2D eigenvalue weighted by Gasteiger charge is -2.22. The van der Waals surface area contributed by atoms with E-state index < -0.39 is 0 Å². The topological polar surface area (TPSA) is 9.23 Å². The highest BCUT2D eigenvalue weighted by Gasteiger charge is 2.19. The first kappa shape index (κ1) is 11.0. The minimum absolute atomic E-state index is 0.0907. The van der Waals surface area contributed by atoms with Gasteiger partial charge in [0.05, 0.1) is 6.61 Å². The van der Waals surface area contributed by atoms with Crippen molar-refractivity contribution < 1.29 is 9.13 Å². The van der Waals surface area contributed by atoms with E-state index in [0.717, 1.165) is 11.3 Å². The molecule has 1 rings (SSSR count). The molecule has 1 nitrogen and oxygen atoms in total. The highest BCUT2D eigenvalue weighted by atomic mass is 19.1. The summed E-state index contributed by atoms with van der Waals surface area (Å²) < 4.78 is 18.5. The minimum atomic E-state index is -0.210. The zero-order valence-corrected chi connectivity index (χ0v) is 9.23. The molecule has 78 valence electrons. The van der Waals surface area contributed by atoms with Crippen LogP contribution in [0, 0.1) is 5.82 Å². The molecule has 1 aromatic rings. The smallest absolute Gasteiger partial charge is 0.123 e. The monoisotopic (exact) mass is 196 g/mol. The molecule has 0 saturated heterocycles. The van der Waals surface area contributed by atoms with Crippen molar-refractivity contribution in [2.45, 2.75) is 33.1 Å². The summed E-state index contributed by atoms with van der Waals surface area (Å²) in [6.45, 7) is 8.67. The van der Waals surface area contributed by atoms with E-state index in [9.17, 15) is 4.39 Å². The first-order valence-electron chi connectivity index (χ1n) is 4.88. The van der Waals surface area contributed by atoms with Crippen molar-refractivity contribution in [2.75, 3.05) is 6.61 Å². The maximum atomic E-state index is 13.1. The van der Waals surface area contributed by atoms with Gasteiger partial charge in [0.2, 0.25) is 0 Å². The predicted molar refractivity (Wildman–Crippen MR) is 56.3 cm³/mol. The summed E-state index contributed by atoms with van der Waals surface area (Å²) in [5, 5.41) is 0. The Kier molecular flexibility index (Phi) is 3.14. The van der Waals surface area contributed by atoms with Crippen LogP contribution in [-0.4, -0.2) is 6.61 Å². The molecule has 0 spiro atoms. The van der Waals surface area contributed by atoms with E-state index in [2.05, 4.69) is 0 Å². The van der Waals surface area contributed by atoms with E-state index in [-0.39, 0.29) is 11.2 Å². The van der Waals surface area contributed by atoms with Crippen LogP contribution in [0.15, 0.2) is 18.2 Å². The number of hydrogen-bond donors (Lipinski definition) is 0. The Morgan fingerprint density at radius 3 is 2.43 bits per heavy atom. The summed E-state index contributed by atoms with van der Waals surface area (Å²) in [5.41, 5.74) is 0.825. The van der Waals surface area contributed by atoms with Crippen LogP contribution in [0.25, 0.3) is 0 Å². The molecule has 0 atom stereocenters. The van der Waals surface area contributed by atoms with Crippen LogP contribution in [-0.2, 0) is 5.41 Å². The zero-order valence-electron chi connectivity index (χ0n) is 9.23. The van der Waals surface area contributed by atoms with Gasteiger partial charge in [-0.05, 0) is 30.5 Å². The third-order valence-corrected chi connectivity index (χ3v) is 2.05. The van der Waals surface area contributed by atoms with E-state index in [0.29, 0.717) is 6.61 Å². The summed E-state index contributed by atoms with van der Waals surface area (Å²) in [4.78, 5) is 0. The lowest BCUT2D eigenvalue weighted by atomic mass is 9.86. The molecule has 0 heterocycles. The van der Waals surface area contributed by atoms with Gasteiger partial charge >= 0.3 is 0 Å². The summed E-state index contributed by atoms with van der Waals surface area (Å²) >= 11 is 0. The van der Waals surface area contributed by atoms with E-state index >= 15 is 0 Å². The van der Waals surface area contributed by atoms with Gasteiger partial charge in [-0.25, -0.2) is 4.39 Å². The van der Waals surface area contributed by atoms with Gasteiger partial charge in [0.1, 0.15) is 11.6 Å². The third kappa shape index (κ3) is 2.47. The molecule has 1 aromatic carbocycles. The van der Waals surface area contributed by atoms with Gasteiger partial charge < -0.3 is 4.74 Å². The van der Waals surface area contributed by atoms with Crippen molar-refractivity contribution in [3.63, 3.8) is 0 Å². The average molecular weight is 196 g/mol. The van der Waals surface area contributed by atoms with Crippen molar-refractivity contribution in [2.24, 2.45) is 0 Å². The fourth-order valence-corrected chi connectivity index (χ4v) is 1.37. The van der Waals surface area contributed by atoms with Crippen molar-refractivity contribution in [1.82, 2.24) is 0 Å². The van der Waals surface area contributed by atoms with Crippen LogP contribution in [0.2, 0.25) is 0 Å². The molecule has 0 fully saturated rings. The summed E-state index contributed by atoms with van der Waals surface area (Å²) in [6, 6.07) is 4.67. The SMILES string of the molecule is CCOc1ccc(F)cc1C(C)(C)C. The van der Waals surface area contributed by atoms with Gasteiger partial charge in [0.15, 0.2) is 0 Å². The van der Waals surface area contributed by atoms with Gasteiger partial charge in [-0.3, -0.25) is 0 Å². The molecule has 0 radical (unpaired) electrons. The van der Waals surface area contributed by atoms with Gasteiger partial charge in [-0.2, -0.15) is 0 Å². The van der Waals surface area contributed by atoms with Crippen LogP contribution in [0.1, 0.15) is 33.3 Å². The molecule has 0 aliphatic rings. The lowest BCUT2D eigenvalue weighted by molar-refractivity contribution is 0.329. The molecule has 14 heavy (non-hydrogen) atoms. The van der Waals surface area contributed by atoms with Crippen LogP contribution in [0.5, 0.6) is 5.75 Å². The fraction of sp³-hybridized carbons (Fsp3) is 0.500. The maximum Gasteiger partial charge on any atom is 0.123 e. The van der Waals surface area contributed by atoms with Crippen molar-refractivity contribution in [1.29, 1.82) is 0 Å². The molecule has 0 aliphatic carbocycles. The lowest BCUT2D eigenvalue weighted by Crippen LogP contribution is -2.13. The largest absolute Gasteiger partial charge is 0.494 e. The second-order valence-corrected chi connectivity index (χ2v) is 4.32. The van der Waals surface area contributed by atoms with Crippen LogP contribution in [0.3, 0.4) is 0 Å². The molecule has 0 unspecified atom stereocenters. The Balaban J connectivity index is 3.16. The first-order valence-corrected chi connectivity index (χ1v) is 4.88. The molecule has 2 heteroatoms. The van der Waals surface area contributed by atoms with E-state index in [1.54, 1.807) is 12.1 Å². The Labute approximate surface area is 84.9 Å². The second-order valence-electron chi connectivity index (χ2n) is 4.32. The quantitative estimate of drug-likeness (QED) is 0.703. The Morgan fingerprint density at radius 2 is 1.93 bits per heavy atom.